The zero-order valence-corrected chi connectivity index (χ0v) is 14.8. The van der Waals surface area contributed by atoms with Gasteiger partial charge in [0.25, 0.3) is 0 Å². The van der Waals surface area contributed by atoms with Gasteiger partial charge < -0.3 is 15.4 Å². The predicted molar refractivity (Wildman–Crippen MR) is 91.8 cm³/mol. The normalized spacial score (nSPS) is 17.0. The molecule has 1 amide bonds. The summed E-state index contributed by atoms with van der Waals surface area (Å²) in [7, 11) is 0. The molecule has 7 heteroatoms. The number of hydrogen-bond acceptors (Lipinski definition) is 3. The van der Waals surface area contributed by atoms with Crippen molar-refractivity contribution in [2.24, 2.45) is 5.73 Å². The van der Waals surface area contributed by atoms with Gasteiger partial charge in [-0.3, -0.25) is 4.79 Å². The molecule has 0 saturated carbocycles. The van der Waals surface area contributed by atoms with Crippen LogP contribution in [0, 0.1) is 0 Å². The number of likely N-dealkylation sites (tertiary alicyclic amines) is 1. The molecule has 0 aromatic heterocycles. The van der Waals surface area contributed by atoms with Crippen molar-refractivity contribution in [3.63, 3.8) is 0 Å². The molecule has 4 nitrogen and oxygen atoms in total. The standard InChI is InChI=1S/C15H20Cl2N2O2.ClH/c1-10(18)15(20)19-6-4-12(5-7-19)21-9-11-2-3-13(16)14(17)8-11;/h2-3,8,10,12H,4-7,9,18H2,1H3;1H/t10-;/m1./s1. The number of ether oxygens (including phenoxy) is 1. The molecule has 0 bridgehead atoms. The summed E-state index contributed by atoms with van der Waals surface area (Å²) >= 11 is 11.9. The Morgan fingerprint density at radius 3 is 2.55 bits per heavy atom. The fourth-order valence-electron chi connectivity index (χ4n) is 2.37. The Labute approximate surface area is 147 Å². The highest BCUT2D eigenvalue weighted by molar-refractivity contribution is 6.42. The van der Waals surface area contributed by atoms with E-state index in [4.69, 9.17) is 33.7 Å². The Balaban J connectivity index is 0.00000242. The molecule has 1 heterocycles. The van der Waals surface area contributed by atoms with Crippen molar-refractivity contribution in [1.82, 2.24) is 4.90 Å². The van der Waals surface area contributed by atoms with E-state index in [9.17, 15) is 4.79 Å². The molecule has 2 rings (SSSR count). The second-order valence-electron chi connectivity index (χ2n) is 5.37. The van der Waals surface area contributed by atoms with Gasteiger partial charge in [-0.1, -0.05) is 29.3 Å². The van der Waals surface area contributed by atoms with Gasteiger partial charge in [-0.25, -0.2) is 0 Å². The van der Waals surface area contributed by atoms with Crippen LogP contribution in [0.2, 0.25) is 10.0 Å². The van der Waals surface area contributed by atoms with Crippen molar-refractivity contribution < 1.29 is 9.53 Å². The molecule has 0 aliphatic carbocycles. The van der Waals surface area contributed by atoms with E-state index >= 15 is 0 Å². The number of nitrogens with two attached hydrogens (primary N) is 1. The first-order valence-corrected chi connectivity index (χ1v) is 7.83. The van der Waals surface area contributed by atoms with Gasteiger partial charge in [0, 0.05) is 13.1 Å². The SMILES string of the molecule is C[C@@H](N)C(=O)N1CCC(OCc2ccc(Cl)c(Cl)c2)CC1.Cl. The Hall–Kier alpha value is -0.520. The van der Waals surface area contributed by atoms with E-state index in [2.05, 4.69) is 0 Å². The number of hydrogen-bond donors (Lipinski definition) is 1. The predicted octanol–water partition coefficient (Wildman–Crippen LogP) is 3.27. The summed E-state index contributed by atoms with van der Waals surface area (Å²) in [5.41, 5.74) is 6.62. The van der Waals surface area contributed by atoms with Crippen LogP contribution in [0.25, 0.3) is 0 Å². The molecule has 0 spiro atoms. The second-order valence-corrected chi connectivity index (χ2v) is 6.19. The number of rotatable bonds is 4. The van der Waals surface area contributed by atoms with Gasteiger partial charge in [0.05, 0.1) is 28.8 Å². The molecular formula is C15H21Cl3N2O2. The molecule has 124 valence electrons. The number of piperidine rings is 1. The largest absolute Gasteiger partial charge is 0.373 e. The van der Waals surface area contributed by atoms with E-state index in [1.165, 1.54) is 0 Å². The van der Waals surface area contributed by atoms with Crippen LogP contribution >= 0.6 is 35.6 Å². The molecular weight excluding hydrogens is 347 g/mol. The topological polar surface area (TPSA) is 55.6 Å². The summed E-state index contributed by atoms with van der Waals surface area (Å²) in [4.78, 5) is 13.6. The zero-order chi connectivity index (χ0) is 15.4. The highest BCUT2D eigenvalue weighted by Crippen LogP contribution is 2.24. The molecule has 22 heavy (non-hydrogen) atoms. The van der Waals surface area contributed by atoms with Gasteiger partial charge in [0.2, 0.25) is 5.91 Å². The summed E-state index contributed by atoms with van der Waals surface area (Å²) in [6.45, 7) is 3.62. The molecule has 1 atom stereocenters. The molecule has 1 fully saturated rings. The highest BCUT2D eigenvalue weighted by Gasteiger charge is 2.24. The van der Waals surface area contributed by atoms with Crippen LogP contribution in [0.1, 0.15) is 25.3 Å². The van der Waals surface area contributed by atoms with E-state index in [0.717, 1.165) is 18.4 Å². The third kappa shape index (κ3) is 5.28. The molecule has 1 aliphatic heterocycles. The fourth-order valence-corrected chi connectivity index (χ4v) is 2.70. The van der Waals surface area contributed by atoms with Crippen LogP contribution < -0.4 is 5.73 Å². The van der Waals surface area contributed by atoms with Gasteiger partial charge in [-0.05, 0) is 37.5 Å². The Morgan fingerprint density at radius 2 is 2.00 bits per heavy atom. The van der Waals surface area contributed by atoms with Gasteiger partial charge >= 0.3 is 0 Å². The summed E-state index contributed by atoms with van der Waals surface area (Å²) in [6, 6.07) is 5.06. The maximum atomic E-state index is 11.8. The van der Waals surface area contributed by atoms with Crippen LogP contribution in [0.5, 0.6) is 0 Å². The molecule has 2 N–H and O–H groups in total. The quantitative estimate of drug-likeness (QED) is 0.888. The van der Waals surface area contributed by atoms with E-state index < -0.39 is 6.04 Å². The fraction of sp³-hybridized carbons (Fsp3) is 0.533. The van der Waals surface area contributed by atoms with Crippen molar-refractivity contribution in [1.29, 1.82) is 0 Å². The van der Waals surface area contributed by atoms with Gasteiger partial charge in [-0.15, -0.1) is 12.4 Å². The first-order valence-electron chi connectivity index (χ1n) is 7.07. The Morgan fingerprint density at radius 1 is 1.36 bits per heavy atom. The van der Waals surface area contributed by atoms with E-state index in [-0.39, 0.29) is 24.4 Å². The molecule has 1 saturated heterocycles. The van der Waals surface area contributed by atoms with Crippen molar-refractivity contribution in [3.8, 4) is 0 Å². The summed E-state index contributed by atoms with van der Waals surface area (Å²) in [5.74, 6) is 0.0120. The van der Waals surface area contributed by atoms with Gasteiger partial charge in [0.1, 0.15) is 0 Å². The van der Waals surface area contributed by atoms with Crippen molar-refractivity contribution in [2.75, 3.05) is 13.1 Å². The van der Waals surface area contributed by atoms with E-state index in [0.29, 0.717) is 29.7 Å². The number of carbonyl (C=O) groups excluding carboxylic acids is 1. The summed E-state index contributed by atoms with van der Waals surface area (Å²) in [6.07, 6.45) is 1.83. The third-order valence-corrected chi connectivity index (χ3v) is 4.35. The minimum absolute atomic E-state index is 0. The number of halogens is 3. The first kappa shape index (κ1) is 19.5. The Kier molecular flexibility index (Phi) is 7.94. The lowest BCUT2D eigenvalue weighted by molar-refractivity contribution is -0.135. The second kappa shape index (κ2) is 8.94. The van der Waals surface area contributed by atoms with Crippen LogP contribution in [0.3, 0.4) is 0 Å². The van der Waals surface area contributed by atoms with E-state index in [1.54, 1.807) is 13.0 Å². The summed E-state index contributed by atoms with van der Waals surface area (Å²) < 4.78 is 5.88. The lowest BCUT2D eigenvalue weighted by Crippen LogP contribution is -2.47. The van der Waals surface area contributed by atoms with Crippen LogP contribution in [0.4, 0.5) is 0 Å². The van der Waals surface area contributed by atoms with Crippen LogP contribution in [0.15, 0.2) is 18.2 Å². The zero-order valence-electron chi connectivity index (χ0n) is 12.4. The average Bonchev–Trinajstić information content (AvgIpc) is 2.48. The number of carbonyl (C=O) groups is 1. The lowest BCUT2D eigenvalue weighted by atomic mass is 10.1. The number of amides is 1. The average molecular weight is 368 g/mol. The van der Waals surface area contributed by atoms with Crippen molar-refractivity contribution >= 4 is 41.5 Å². The summed E-state index contributed by atoms with van der Waals surface area (Å²) in [5, 5.41) is 1.08. The maximum Gasteiger partial charge on any atom is 0.239 e. The van der Waals surface area contributed by atoms with Gasteiger partial charge in [-0.2, -0.15) is 0 Å². The van der Waals surface area contributed by atoms with Crippen molar-refractivity contribution in [3.05, 3.63) is 33.8 Å². The highest BCUT2D eigenvalue weighted by atomic mass is 35.5. The van der Waals surface area contributed by atoms with Gasteiger partial charge in [0.15, 0.2) is 0 Å². The molecule has 1 aliphatic rings. The monoisotopic (exact) mass is 366 g/mol. The molecule has 1 aromatic rings. The third-order valence-electron chi connectivity index (χ3n) is 3.61. The van der Waals surface area contributed by atoms with E-state index in [1.807, 2.05) is 17.0 Å². The van der Waals surface area contributed by atoms with Crippen LogP contribution in [-0.4, -0.2) is 36.0 Å². The first-order chi connectivity index (χ1) is 9.97. The number of nitrogens with zero attached hydrogens (tertiary/aromatic N) is 1. The smallest absolute Gasteiger partial charge is 0.239 e. The maximum absolute atomic E-state index is 11.8. The van der Waals surface area contributed by atoms with Crippen LogP contribution in [-0.2, 0) is 16.1 Å². The minimum Gasteiger partial charge on any atom is -0.373 e. The molecule has 0 radical (unpaired) electrons. The minimum atomic E-state index is -0.432. The lowest BCUT2D eigenvalue weighted by Gasteiger charge is -2.32. The Bertz CT molecular complexity index is 504. The molecule has 0 unspecified atom stereocenters. The number of benzene rings is 1. The molecule has 1 aromatic carbocycles. The van der Waals surface area contributed by atoms with Crippen molar-refractivity contribution in [2.45, 2.75) is 38.5 Å².